The molecule has 12 atom stereocenters. The molecular formula is C18H25O4P. The van der Waals surface area contributed by atoms with Crippen LogP contribution in [0.5, 0.6) is 0 Å². The lowest BCUT2D eigenvalue weighted by Gasteiger charge is -2.40. The number of phosphoric acid groups is 1. The smallest absolute Gasteiger partial charge is 0.287 e. The topological polar surface area (TPSA) is 44.8 Å². The van der Waals surface area contributed by atoms with E-state index in [1.54, 1.807) is 0 Å². The van der Waals surface area contributed by atoms with Crippen molar-refractivity contribution in [2.45, 2.75) is 32.3 Å². The Kier molecular flexibility index (Phi) is 2.10. The first-order valence-electron chi connectivity index (χ1n) is 9.76. The second-order valence-electron chi connectivity index (χ2n) is 9.24. The van der Waals surface area contributed by atoms with Crippen LogP contribution in [-0.2, 0) is 18.1 Å². The molecule has 0 N–H and O–H groups in total. The van der Waals surface area contributed by atoms with E-state index in [1.165, 1.54) is 12.8 Å². The van der Waals surface area contributed by atoms with Gasteiger partial charge >= 0.3 is 7.82 Å². The fourth-order valence-corrected chi connectivity index (χ4v) is 11.9. The van der Waals surface area contributed by atoms with Crippen molar-refractivity contribution in [2.75, 3.05) is 13.2 Å². The third kappa shape index (κ3) is 1.05. The molecule has 8 aliphatic carbocycles. The fraction of sp³-hybridized carbons (Fsp3) is 1.00. The molecule has 0 aromatic carbocycles. The molecule has 4 nitrogen and oxygen atoms in total. The molecule has 0 spiro atoms. The Morgan fingerprint density at radius 3 is 2.17 bits per heavy atom. The van der Waals surface area contributed by atoms with E-state index >= 15 is 0 Å². The van der Waals surface area contributed by atoms with Crippen molar-refractivity contribution in [2.24, 2.45) is 65.1 Å². The molecule has 8 aliphatic rings. The van der Waals surface area contributed by atoms with E-state index in [0.717, 1.165) is 47.3 Å². The third-order valence-electron chi connectivity index (χ3n) is 9.51. The molecule has 126 valence electrons. The van der Waals surface area contributed by atoms with E-state index in [9.17, 15) is 4.57 Å². The van der Waals surface area contributed by atoms with Gasteiger partial charge in [0.25, 0.3) is 0 Å². The fourth-order valence-electron chi connectivity index (χ4n) is 10.3. The summed E-state index contributed by atoms with van der Waals surface area (Å²) in [5.41, 5.74) is -0.133. The molecule has 0 unspecified atom stereocenters. The zero-order chi connectivity index (χ0) is 15.3. The number of hydrogen-bond donors (Lipinski definition) is 0. The maximum Gasteiger partial charge on any atom is 0.475 e. The van der Waals surface area contributed by atoms with Crippen molar-refractivity contribution in [3.63, 3.8) is 0 Å². The van der Waals surface area contributed by atoms with Gasteiger partial charge in [-0.1, -0.05) is 0 Å². The Balaban J connectivity index is 1.38. The van der Waals surface area contributed by atoms with Crippen molar-refractivity contribution < 1.29 is 18.1 Å². The Morgan fingerprint density at radius 2 is 1.48 bits per heavy atom. The zero-order valence-corrected chi connectivity index (χ0v) is 14.7. The number of hydrogen-bond acceptors (Lipinski definition) is 4. The molecule has 0 amide bonds. The Bertz CT molecular complexity index is 643. The summed E-state index contributed by atoms with van der Waals surface area (Å²) in [7, 11) is -3.41. The average Bonchev–Trinajstić information content (AvgIpc) is 3.20. The van der Waals surface area contributed by atoms with Gasteiger partial charge in [0.2, 0.25) is 0 Å². The van der Waals surface area contributed by atoms with E-state index in [1.807, 2.05) is 13.8 Å². The van der Waals surface area contributed by atoms with Gasteiger partial charge in [0.05, 0.1) is 18.8 Å². The third-order valence-corrected chi connectivity index (χ3v) is 11.2. The maximum absolute atomic E-state index is 13.2. The van der Waals surface area contributed by atoms with Gasteiger partial charge in [-0.3, -0.25) is 13.6 Å². The molecule has 4 bridgehead atoms. The lowest BCUT2D eigenvalue weighted by Crippen LogP contribution is -2.44. The summed E-state index contributed by atoms with van der Waals surface area (Å²) in [6.45, 7) is 4.55. The summed E-state index contributed by atoms with van der Waals surface area (Å²) in [5, 5.41) is 0. The van der Waals surface area contributed by atoms with E-state index < -0.39 is 7.82 Å². The van der Waals surface area contributed by atoms with E-state index in [4.69, 9.17) is 13.6 Å². The van der Waals surface area contributed by atoms with Crippen LogP contribution in [0.1, 0.15) is 26.7 Å². The highest BCUT2D eigenvalue weighted by molar-refractivity contribution is 7.48. The maximum atomic E-state index is 13.2. The first-order chi connectivity index (χ1) is 11.2. The van der Waals surface area contributed by atoms with Crippen LogP contribution >= 0.6 is 7.82 Å². The van der Waals surface area contributed by atoms with Crippen molar-refractivity contribution in [3.8, 4) is 0 Å². The summed E-state index contributed by atoms with van der Waals surface area (Å²) in [6, 6.07) is 0. The molecular weight excluding hydrogens is 311 g/mol. The average molecular weight is 336 g/mol. The van der Waals surface area contributed by atoms with Crippen LogP contribution in [0, 0.1) is 65.1 Å². The van der Waals surface area contributed by atoms with Crippen LogP contribution in [0.25, 0.3) is 0 Å². The van der Waals surface area contributed by atoms with Crippen LogP contribution in [0.15, 0.2) is 0 Å². The molecule has 5 heteroatoms. The van der Waals surface area contributed by atoms with Crippen molar-refractivity contribution in [1.82, 2.24) is 0 Å². The first-order valence-corrected chi connectivity index (χ1v) is 11.2. The van der Waals surface area contributed by atoms with E-state index in [0.29, 0.717) is 31.0 Å². The normalized spacial score (nSPS) is 67.1. The molecule has 0 radical (unpaired) electrons. The molecule has 0 aromatic rings. The molecule has 23 heavy (non-hydrogen) atoms. The lowest BCUT2D eigenvalue weighted by molar-refractivity contribution is -0.0599. The van der Waals surface area contributed by atoms with Gasteiger partial charge in [0.1, 0.15) is 0 Å². The SMILES string of the molecule is CCOP(=O)(OCC)O[C@@]12[C@H]3[C@H]4C[C@@H]1[C@@H]1[C@H]4[C@H]4[C@@H]5C[C@@H]([C@H]43)[C@H]2[C@@H]51. The largest absolute Gasteiger partial charge is 0.475 e. The van der Waals surface area contributed by atoms with Crippen LogP contribution < -0.4 is 0 Å². The quantitative estimate of drug-likeness (QED) is 0.696. The first kappa shape index (κ1) is 13.3. The van der Waals surface area contributed by atoms with Gasteiger partial charge in [0.15, 0.2) is 0 Å². The van der Waals surface area contributed by atoms with Gasteiger partial charge in [-0.25, -0.2) is 4.57 Å². The highest BCUT2D eigenvalue weighted by Gasteiger charge is 2.94. The van der Waals surface area contributed by atoms with Crippen LogP contribution in [0.2, 0.25) is 0 Å². The van der Waals surface area contributed by atoms with Crippen molar-refractivity contribution in [1.29, 1.82) is 0 Å². The Hall–Kier alpha value is 0.110. The minimum absolute atomic E-state index is 0.133. The molecule has 8 rings (SSSR count). The standard InChI is InChI=1S/C18H25O4P/c1-3-20-23(19,21-4-2)22-18-10-6-9-12-11-7-5-8(14(11)17(9)18)16(18)13(7)15(10)12/h7-17H,3-6H2,1-2H3/t7-,8-,9-,10+,11+,12+,13-,14+,15+,16-,17-,18-/m0/s1. The van der Waals surface area contributed by atoms with Crippen molar-refractivity contribution >= 4 is 7.82 Å². The van der Waals surface area contributed by atoms with Gasteiger partial charge in [0, 0.05) is 0 Å². The number of rotatable bonds is 6. The predicted octanol–water partition coefficient (Wildman–Crippen LogP) is 3.58. The summed E-state index contributed by atoms with van der Waals surface area (Å²) in [5.74, 6) is 9.47. The molecule has 8 fully saturated rings. The highest BCUT2D eigenvalue weighted by Crippen LogP contribution is 2.95. The van der Waals surface area contributed by atoms with E-state index in [-0.39, 0.29) is 5.60 Å². The van der Waals surface area contributed by atoms with Crippen LogP contribution in [0.3, 0.4) is 0 Å². The highest BCUT2D eigenvalue weighted by atomic mass is 31.2. The lowest BCUT2D eigenvalue weighted by atomic mass is 9.76. The van der Waals surface area contributed by atoms with Gasteiger partial charge in [-0.2, -0.15) is 0 Å². The molecule has 0 aliphatic heterocycles. The van der Waals surface area contributed by atoms with E-state index in [2.05, 4.69) is 0 Å². The van der Waals surface area contributed by atoms with Gasteiger partial charge in [-0.05, 0) is 91.8 Å². The molecule has 0 aromatic heterocycles. The predicted molar refractivity (Wildman–Crippen MR) is 82.3 cm³/mol. The summed E-state index contributed by atoms with van der Waals surface area (Å²) >= 11 is 0. The molecule has 8 saturated carbocycles. The summed E-state index contributed by atoms with van der Waals surface area (Å²) in [4.78, 5) is 0. The Labute approximate surface area is 137 Å². The molecule has 0 heterocycles. The minimum atomic E-state index is -3.41. The van der Waals surface area contributed by atoms with Crippen molar-refractivity contribution in [3.05, 3.63) is 0 Å². The van der Waals surface area contributed by atoms with Crippen LogP contribution in [0.4, 0.5) is 0 Å². The second kappa shape index (κ2) is 3.63. The minimum Gasteiger partial charge on any atom is -0.287 e. The molecule has 0 saturated heterocycles. The van der Waals surface area contributed by atoms with Crippen LogP contribution in [-0.4, -0.2) is 18.8 Å². The summed E-state index contributed by atoms with van der Waals surface area (Å²) < 4.78 is 31.0. The number of phosphoric ester groups is 1. The monoisotopic (exact) mass is 336 g/mol. The summed E-state index contributed by atoms with van der Waals surface area (Å²) in [6.07, 6.45) is 2.80. The Morgan fingerprint density at radius 1 is 0.870 bits per heavy atom. The van der Waals surface area contributed by atoms with Gasteiger partial charge in [-0.15, -0.1) is 0 Å². The van der Waals surface area contributed by atoms with Gasteiger partial charge < -0.3 is 0 Å². The zero-order valence-electron chi connectivity index (χ0n) is 13.8. The second-order valence-corrected chi connectivity index (χ2v) is 10.8.